The molecule has 0 aliphatic rings. The van der Waals surface area contributed by atoms with E-state index in [4.69, 9.17) is 18.9 Å². The van der Waals surface area contributed by atoms with Crippen molar-refractivity contribution in [3.63, 3.8) is 0 Å². The Bertz CT molecular complexity index is 2450. The summed E-state index contributed by atoms with van der Waals surface area (Å²) in [6, 6.07) is 43.0. The van der Waals surface area contributed by atoms with Gasteiger partial charge in [-0.05, 0) is 109 Å². The molecule has 0 fully saturated rings. The van der Waals surface area contributed by atoms with Crippen molar-refractivity contribution in [1.82, 2.24) is 0 Å². The zero-order valence-corrected chi connectivity index (χ0v) is 27.7. The molecule has 240 valence electrons. The Labute approximate surface area is 284 Å². The van der Waals surface area contributed by atoms with Gasteiger partial charge in [0.2, 0.25) is 0 Å². The van der Waals surface area contributed by atoms with Crippen LogP contribution in [0.15, 0.2) is 127 Å². The number of phenols is 1. The minimum absolute atomic E-state index is 0.205. The molecule has 0 spiro atoms. The van der Waals surface area contributed by atoms with E-state index in [0.717, 1.165) is 99.8 Å². The van der Waals surface area contributed by atoms with E-state index in [-0.39, 0.29) is 5.75 Å². The number of rotatable bonds is 8. The second kappa shape index (κ2) is 12.1. The maximum atomic E-state index is 12.7. The molecule has 0 aromatic heterocycles. The molecule has 0 saturated heterocycles. The van der Waals surface area contributed by atoms with E-state index in [9.17, 15) is 5.11 Å². The van der Waals surface area contributed by atoms with Crippen LogP contribution in [0.25, 0.3) is 76.8 Å². The second-order valence-electron chi connectivity index (χ2n) is 12.0. The van der Waals surface area contributed by atoms with Crippen LogP contribution in [-0.2, 0) is 0 Å². The lowest BCUT2D eigenvalue weighted by Gasteiger charge is -2.26. The third-order valence-corrected chi connectivity index (χ3v) is 9.57. The Kier molecular flexibility index (Phi) is 7.45. The fourth-order valence-corrected chi connectivity index (χ4v) is 7.25. The molecule has 5 nitrogen and oxygen atoms in total. The second-order valence-corrected chi connectivity index (χ2v) is 12.0. The van der Waals surface area contributed by atoms with Crippen molar-refractivity contribution >= 4 is 32.3 Å². The first-order chi connectivity index (χ1) is 24.0. The van der Waals surface area contributed by atoms with Gasteiger partial charge in [0.05, 0.1) is 28.4 Å². The maximum absolute atomic E-state index is 12.7. The molecule has 0 radical (unpaired) electrons. The van der Waals surface area contributed by atoms with Gasteiger partial charge in [-0.2, -0.15) is 0 Å². The molecule has 0 unspecified atom stereocenters. The van der Waals surface area contributed by atoms with Crippen molar-refractivity contribution in [2.24, 2.45) is 0 Å². The van der Waals surface area contributed by atoms with Gasteiger partial charge in [0.25, 0.3) is 0 Å². The van der Waals surface area contributed by atoms with Crippen molar-refractivity contribution < 1.29 is 24.1 Å². The van der Waals surface area contributed by atoms with E-state index in [1.165, 1.54) is 0 Å². The summed E-state index contributed by atoms with van der Waals surface area (Å²) in [6.45, 7) is 0. The van der Waals surface area contributed by atoms with Crippen LogP contribution in [-0.4, -0.2) is 33.5 Å². The normalized spacial score (nSPS) is 11.3. The minimum atomic E-state index is 0.205. The highest BCUT2D eigenvalue weighted by Gasteiger charge is 2.28. The maximum Gasteiger partial charge on any atom is 0.132 e. The SMILES string of the molecule is COc1ccc(-c2c(-c3ccc(OC)cc3)c3c(-c4ccc(OC)cc4)c(O)c(-c4ccc(OC)cc4)c4ccc5cccc2c5c43)cc1. The first kappa shape index (κ1) is 30.2. The zero-order valence-electron chi connectivity index (χ0n) is 27.7. The topological polar surface area (TPSA) is 57.2 Å². The first-order valence-electron chi connectivity index (χ1n) is 16.1. The quantitative estimate of drug-likeness (QED) is 0.167. The molecule has 0 atom stereocenters. The number of methoxy groups -OCH3 is 4. The summed E-state index contributed by atoms with van der Waals surface area (Å²) in [6.07, 6.45) is 0. The monoisotopic (exact) mass is 642 g/mol. The molecule has 1 N–H and O–H groups in total. The number of hydrogen-bond donors (Lipinski definition) is 1. The predicted octanol–water partition coefficient (Wildman–Crippen LogP) is 11.0. The Morgan fingerprint density at radius 3 is 1.22 bits per heavy atom. The number of benzene rings is 8. The van der Waals surface area contributed by atoms with Crippen molar-refractivity contribution in [2.45, 2.75) is 0 Å². The van der Waals surface area contributed by atoms with Gasteiger partial charge in [-0.3, -0.25) is 0 Å². The summed E-state index contributed by atoms with van der Waals surface area (Å²) < 4.78 is 22.2. The molecule has 8 rings (SSSR count). The van der Waals surface area contributed by atoms with Gasteiger partial charge >= 0.3 is 0 Å². The third kappa shape index (κ3) is 4.85. The van der Waals surface area contributed by atoms with Crippen molar-refractivity contribution in [3.8, 4) is 73.3 Å². The van der Waals surface area contributed by atoms with Gasteiger partial charge in [-0.25, -0.2) is 0 Å². The molecule has 0 amide bonds. The van der Waals surface area contributed by atoms with Crippen molar-refractivity contribution in [3.05, 3.63) is 127 Å². The Morgan fingerprint density at radius 2 is 0.755 bits per heavy atom. The lowest BCUT2D eigenvalue weighted by molar-refractivity contribution is 0.414. The van der Waals surface area contributed by atoms with Crippen LogP contribution < -0.4 is 18.9 Å². The van der Waals surface area contributed by atoms with E-state index in [1.54, 1.807) is 28.4 Å². The van der Waals surface area contributed by atoms with Crippen LogP contribution in [0.1, 0.15) is 0 Å². The molecular weight excluding hydrogens is 608 g/mol. The molecule has 0 saturated carbocycles. The molecular formula is C44H34O5. The highest BCUT2D eigenvalue weighted by atomic mass is 16.5. The van der Waals surface area contributed by atoms with Crippen LogP contribution in [0, 0.1) is 0 Å². The smallest absolute Gasteiger partial charge is 0.132 e. The summed E-state index contributed by atoms with van der Waals surface area (Å²) in [7, 11) is 6.68. The van der Waals surface area contributed by atoms with Gasteiger partial charge in [0.1, 0.15) is 28.7 Å². The average molecular weight is 643 g/mol. The number of phenolic OH excluding ortho intramolecular Hbond substituents is 1. The number of aromatic hydroxyl groups is 1. The van der Waals surface area contributed by atoms with Gasteiger partial charge in [-0.1, -0.05) is 78.9 Å². The predicted molar refractivity (Wildman–Crippen MR) is 200 cm³/mol. The van der Waals surface area contributed by atoms with Gasteiger partial charge in [-0.15, -0.1) is 0 Å². The highest BCUT2D eigenvalue weighted by molar-refractivity contribution is 6.36. The van der Waals surface area contributed by atoms with Gasteiger partial charge in [0.15, 0.2) is 0 Å². The molecule has 0 aliphatic heterocycles. The highest BCUT2D eigenvalue weighted by Crippen LogP contribution is 2.56. The lowest BCUT2D eigenvalue weighted by Crippen LogP contribution is -1.98. The fraction of sp³-hybridized carbons (Fsp3) is 0.0909. The molecule has 5 heteroatoms. The van der Waals surface area contributed by atoms with E-state index >= 15 is 0 Å². The summed E-state index contributed by atoms with van der Waals surface area (Å²) in [4.78, 5) is 0. The Morgan fingerprint density at radius 1 is 0.347 bits per heavy atom. The van der Waals surface area contributed by atoms with E-state index in [2.05, 4.69) is 54.6 Å². The van der Waals surface area contributed by atoms with Gasteiger partial charge in [0, 0.05) is 16.5 Å². The van der Waals surface area contributed by atoms with Crippen LogP contribution >= 0.6 is 0 Å². The third-order valence-electron chi connectivity index (χ3n) is 9.57. The van der Waals surface area contributed by atoms with E-state index in [1.807, 2.05) is 72.8 Å². The number of ether oxygens (including phenoxy) is 4. The Hall–Kier alpha value is -6.20. The Balaban J connectivity index is 1.64. The fourth-order valence-electron chi connectivity index (χ4n) is 7.25. The summed E-state index contributed by atoms with van der Waals surface area (Å²) in [5.74, 6) is 3.25. The summed E-state index contributed by atoms with van der Waals surface area (Å²) >= 11 is 0. The largest absolute Gasteiger partial charge is 0.507 e. The van der Waals surface area contributed by atoms with Crippen LogP contribution in [0.4, 0.5) is 0 Å². The van der Waals surface area contributed by atoms with E-state index in [0.29, 0.717) is 0 Å². The van der Waals surface area contributed by atoms with Crippen molar-refractivity contribution in [1.29, 1.82) is 0 Å². The average Bonchev–Trinajstić information content (AvgIpc) is 3.16. The minimum Gasteiger partial charge on any atom is -0.507 e. The van der Waals surface area contributed by atoms with Crippen LogP contribution in [0.5, 0.6) is 28.7 Å². The summed E-state index contributed by atoms with van der Waals surface area (Å²) in [5, 5.41) is 19.1. The lowest BCUT2D eigenvalue weighted by atomic mass is 9.78. The zero-order chi connectivity index (χ0) is 33.6. The van der Waals surface area contributed by atoms with Crippen molar-refractivity contribution in [2.75, 3.05) is 28.4 Å². The van der Waals surface area contributed by atoms with Crippen LogP contribution in [0.2, 0.25) is 0 Å². The summed E-state index contributed by atoms with van der Waals surface area (Å²) in [5.41, 5.74) is 7.43. The standard InChI is InChI=1S/C44H34O5/c1-46-31-17-8-27(9-18-31)37-35-7-5-6-26-16-25-36-39(28-10-19-32(47-2)20-11-28)44(45)41(30-14-23-34(49-4)24-15-30)43(42(36)38(26)35)40(37)29-12-21-33(48-3)22-13-29/h5-25,45H,1-4H3. The molecule has 0 heterocycles. The first-order valence-corrected chi connectivity index (χ1v) is 16.1. The molecule has 0 aliphatic carbocycles. The van der Waals surface area contributed by atoms with Gasteiger partial charge < -0.3 is 24.1 Å². The molecule has 8 aromatic carbocycles. The molecule has 49 heavy (non-hydrogen) atoms. The number of hydrogen-bond acceptors (Lipinski definition) is 5. The van der Waals surface area contributed by atoms with E-state index < -0.39 is 0 Å². The van der Waals surface area contributed by atoms with Crippen LogP contribution in [0.3, 0.4) is 0 Å². The molecule has 8 aromatic rings. The molecule has 0 bridgehead atoms.